The van der Waals surface area contributed by atoms with Gasteiger partial charge in [0.25, 0.3) is 0 Å². The highest BCUT2D eigenvalue weighted by molar-refractivity contribution is 5.93. The summed E-state index contributed by atoms with van der Waals surface area (Å²) in [5.41, 5.74) is -1.71. The minimum Gasteiger partial charge on any atom is -0.461 e. The first-order valence-electron chi connectivity index (χ1n) is 7.31. The normalized spacial score (nSPS) is 11.4. The average Bonchev–Trinajstić information content (AvgIpc) is 2.94. The Morgan fingerprint density at radius 1 is 1.28 bits per heavy atom. The Morgan fingerprint density at radius 3 is 2.32 bits per heavy atom. The molecule has 0 amide bonds. The summed E-state index contributed by atoms with van der Waals surface area (Å²) in [5, 5.41) is 15.3. The van der Waals surface area contributed by atoms with Crippen LogP contribution in [0.2, 0.25) is 0 Å². The van der Waals surface area contributed by atoms with E-state index in [9.17, 15) is 28.1 Å². The maximum atomic E-state index is 12.7. The second-order valence-electron chi connectivity index (χ2n) is 4.93. The van der Waals surface area contributed by atoms with Crippen molar-refractivity contribution in [3.05, 3.63) is 51.3 Å². The second kappa shape index (κ2) is 6.91. The summed E-state index contributed by atoms with van der Waals surface area (Å²) in [6, 6.07) is 3.79. The smallest absolute Gasteiger partial charge is 0.416 e. The summed E-state index contributed by atoms with van der Waals surface area (Å²) in [5.74, 6) is -0.971. The first kappa shape index (κ1) is 18.4. The molecule has 0 N–H and O–H groups in total. The molecule has 0 aliphatic carbocycles. The van der Waals surface area contributed by atoms with Crippen molar-refractivity contribution in [1.29, 1.82) is 0 Å². The van der Waals surface area contributed by atoms with E-state index in [1.54, 1.807) is 6.92 Å². The zero-order valence-electron chi connectivity index (χ0n) is 13.3. The molecule has 1 heterocycles. The molecule has 1 aromatic heterocycles. The third kappa shape index (κ3) is 3.62. The zero-order valence-corrected chi connectivity index (χ0v) is 13.3. The van der Waals surface area contributed by atoms with Crippen LogP contribution in [-0.4, -0.2) is 27.3 Å². The highest BCUT2D eigenvalue weighted by Crippen LogP contribution is 2.31. The Morgan fingerprint density at radius 2 is 1.88 bits per heavy atom. The number of nitro groups is 1. The third-order valence-corrected chi connectivity index (χ3v) is 3.36. The molecule has 10 heteroatoms. The van der Waals surface area contributed by atoms with E-state index in [0.717, 1.165) is 28.9 Å². The van der Waals surface area contributed by atoms with E-state index >= 15 is 0 Å². The van der Waals surface area contributed by atoms with E-state index in [1.807, 2.05) is 0 Å². The quantitative estimate of drug-likeness (QED) is 0.464. The fourth-order valence-electron chi connectivity index (χ4n) is 2.25. The number of ether oxygens (including phenoxy) is 1. The number of aryl methyl sites for hydroxylation is 1. The molecule has 0 fully saturated rings. The van der Waals surface area contributed by atoms with Gasteiger partial charge in [-0.1, -0.05) is 6.92 Å². The number of halogens is 3. The molecule has 2 rings (SSSR count). The number of benzene rings is 1. The van der Waals surface area contributed by atoms with Gasteiger partial charge in [-0.25, -0.2) is 9.48 Å². The van der Waals surface area contributed by atoms with Crippen molar-refractivity contribution in [2.24, 2.45) is 0 Å². The van der Waals surface area contributed by atoms with Gasteiger partial charge in [-0.05, 0) is 37.6 Å². The van der Waals surface area contributed by atoms with Gasteiger partial charge in [-0.15, -0.1) is 0 Å². The number of esters is 1. The van der Waals surface area contributed by atoms with Crippen molar-refractivity contribution in [1.82, 2.24) is 9.78 Å². The SMILES string of the molecule is CCOC(=O)c1c([N+](=O)[O-])c(CC)nn1-c1ccc(C(F)(F)F)cc1. The van der Waals surface area contributed by atoms with Gasteiger partial charge < -0.3 is 4.74 Å². The minimum absolute atomic E-state index is 0.0182. The van der Waals surface area contributed by atoms with Crippen molar-refractivity contribution in [3.8, 4) is 5.69 Å². The minimum atomic E-state index is -4.52. The summed E-state index contributed by atoms with van der Waals surface area (Å²) in [7, 11) is 0. The molecular weight excluding hydrogens is 343 g/mol. The fraction of sp³-hybridized carbons (Fsp3) is 0.333. The van der Waals surface area contributed by atoms with Crippen molar-refractivity contribution in [3.63, 3.8) is 0 Å². The lowest BCUT2D eigenvalue weighted by atomic mass is 10.2. The van der Waals surface area contributed by atoms with E-state index in [-0.39, 0.29) is 24.4 Å². The Bertz CT molecular complexity index is 798. The van der Waals surface area contributed by atoms with Crippen LogP contribution in [0.5, 0.6) is 0 Å². The number of carbonyl (C=O) groups excluding carboxylic acids is 1. The van der Waals surface area contributed by atoms with E-state index in [1.165, 1.54) is 6.92 Å². The number of nitrogens with zero attached hydrogens (tertiary/aromatic N) is 3. The molecule has 0 radical (unpaired) electrons. The third-order valence-electron chi connectivity index (χ3n) is 3.36. The predicted octanol–water partition coefficient (Wildman–Crippen LogP) is 3.54. The summed E-state index contributed by atoms with van der Waals surface area (Å²) in [6.07, 6.45) is -4.36. The lowest BCUT2D eigenvalue weighted by Gasteiger charge is -2.09. The van der Waals surface area contributed by atoms with Crippen LogP contribution in [0.3, 0.4) is 0 Å². The molecule has 7 nitrogen and oxygen atoms in total. The van der Waals surface area contributed by atoms with Gasteiger partial charge in [0.05, 0.1) is 22.8 Å². The van der Waals surface area contributed by atoms with Crippen LogP contribution < -0.4 is 0 Å². The van der Waals surface area contributed by atoms with Crippen molar-refractivity contribution >= 4 is 11.7 Å². The van der Waals surface area contributed by atoms with E-state index in [0.29, 0.717) is 0 Å². The fourth-order valence-corrected chi connectivity index (χ4v) is 2.25. The first-order chi connectivity index (χ1) is 11.7. The summed E-state index contributed by atoms with van der Waals surface area (Å²) >= 11 is 0. The van der Waals surface area contributed by atoms with Crippen LogP contribution in [-0.2, 0) is 17.3 Å². The van der Waals surface area contributed by atoms with Gasteiger partial charge in [-0.2, -0.15) is 18.3 Å². The monoisotopic (exact) mass is 357 g/mol. The van der Waals surface area contributed by atoms with Gasteiger partial charge in [-0.3, -0.25) is 10.1 Å². The largest absolute Gasteiger partial charge is 0.461 e. The topological polar surface area (TPSA) is 87.3 Å². The summed E-state index contributed by atoms with van der Waals surface area (Å²) in [6.45, 7) is 3.13. The highest BCUT2D eigenvalue weighted by atomic mass is 19.4. The maximum absolute atomic E-state index is 12.7. The summed E-state index contributed by atoms with van der Waals surface area (Å²) < 4.78 is 43.8. The van der Waals surface area contributed by atoms with Gasteiger partial charge in [0, 0.05) is 0 Å². The van der Waals surface area contributed by atoms with Crippen molar-refractivity contribution < 1.29 is 27.6 Å². The number of carbonyl (C=O) groups is 1. The second-order valence-corrected chi connectivity index (χ2v) is 4.93. The molecule has 134 valence electrons. The van der Waals surface area contributed by atoms with Crippen LogP contribution in [0.25, 0.3) is 5.69 Å². The number of hydrogen-bond acceptors (Lipinski definition) is 5. The number of rotatable bonds is 5. The highest BCUT2D eigenvalue weighted by Gasteiger charge is 2.34. The van der Waals surface area contributed by atoms with Crippen LogP contribution >= 0.6 is 0 Å². The molecule has 0 unspecified atom stereocenters. The Balaban J connectivity index is 2.64. The van der Waals surface area contributed by atoms with E-state index in [4.69, 9.17) is 4.74 Å². The standard InChI is InChI=1S/C15H14F3N3O4/c1-3-11-12(21(23)24)13(14(22)25-4-2)20(19-11)10-7-5-9(6-8-10)15(16,17)18/h5-8H,3-4H2,1-2H3. The average molecular weight is 357 g/mol. The Hall–Kier alpha value is -2.91. The van der Waals surface area contributed by atoms with Crippen LogP contribution in [0.1, 0.15) is 35.6 Å². The van der Waals surface area contributed by atoms with E-state index < -0.39 is 34.0 Å². The lowest BCUT2D eigenvalue weighted by Crippen LogP contribution is -2.14. The zero-order chi connectivity index (χ0) is 18.8. The molecule has 0 saturated heterocycles. The number of hydrogen-bond donors (Lipinski definition) is 0. The molecule has 0 aliphatic rings. The molecule has 0 aliphatic heterocycles. The van der Waals surface area contributed by atoms with Crippen molar-refractivity contribution in [2.75, 3.05) is 6.61 Å². The van der Waals surface area contributed by atoms with Gasteiger partial charge >= 0.3 is 17.8 Å². The van der Waals surface area contributed by atoms with Crippen LogP contribution in [0, 0.1) is 10.1 Å². The molecule has 0 atom stereocenters. The number of alkyl halides is 3. The molecule has 0 bridgehead atoms. The van der Waals surface area contributed by atoms with Gasteiger partial charge in [0.2, 0.25) is 5.69 Å². The van der Waals surface area contributed by atoms with Gasteiger partial charge in [0.1, 0.15) is 5.69 Å². The Labute approximate surface area is 140 Å². The van der Waals surface area contributed by atoms with Gasteiger partial charge in [0.15, 0.2) is 0 Å². The van der Waals surface area contributed by atoms with Crippen molar-refractivity contribution in [2.45, 2.75) is 26.4 Å². The first-order valence-corrected chi connectivity index (χ1v) is 7.31. The van der Waals surface area contributed by atoms with Crippen LogP contribution in [0.15, 0.2) is 24.3 Å². The summed E-state index contributed by atoms with van der Waals surface area (Å²) in [4.78, 5) is 22.7. The van der Waals surface area contributed by atoms with Crippen LogP contribution in [0.4, 0.5) is 18.9 Å². The molecule has 1 aromatic carbocycles. The molecular formula is C15H14F3N3O4. The Kier molecular flexibility index (Phi) is 5.10. The van der Waals surface area contributed by atoms with E-state index in [2.05, 4.69) is 5.10 Å². The predicted molar refractivity (Wildman–Crippen MR) is 80.6 cm³/mol. The molecule has 0 spiro atoms. The molecule has 25 heavy (non-hydrogen) atoms. The maximum Gasteiger partial charge on any atom is 0.416 e. The number of aromatic nitrogens is 2. The lowest BCUT2D eigenvalue weighted by molar-refractivity contribution is -0.385. The molecule has 2 aromatic rings. The molecule has 0 saturated carbocycles.